The lowest BCUT2D eigenvalue weighted by molar-refractivity contribution is -0.130. The Hall–Kier alpha value is -1.36. The molecule has 0 aliphatic carbocycles. The van der Waals surface area contributed by atoms with Crippen LogP contribution in [0.5, 0.6) is 0 Å². The van der Waals surface area contributed by atoms with Crippen molar-refractivity contribution in [1.82, 2.24) is 10.2 Å². The van der Waals surface area contributed by atoms with Crippen molar-refractivity contribution in [3.8, 4) is 0 Å². The number of hydrogen-bond donors (Lipinski definition) is 1. The van der Waals surface area contributed by atoms with Crippen LogP contribution in [0.15, 0.2) is 28.7 Å². The van der Waals surface area contributed by atoms with Gasteiger partial charge in [-0.2, -0.15) is 0 Å². The van der Waals surface area contributed by atoms with Gasteiger partial charge in [0.05, 0.1) is 12.1 Å². The lowest BCUT2D eigenvalue weighted by atomic mass is 10.0. The highest BCUT2D eigenvalue weighted by Gasteiger charge is 2.18. The van der Waals surface area contributed by atoms with Gasteiger partial charge in [-0.1, -0.05) is 26.0 Å². The molecule has 1 N–H and O–H groups in total. The van der Waals surface area contributed by atoms with Gasteiger partial charge < -0.3 is 10.2 Å². The molecule has 1 aromatic carbocycles. The average Bonchev–Trinajstić information content (AvgIpc) is 2.43. The summed E-state index contributed by atoms with van der Waals surface area (Å²) in [5.74, 6) is 0.203. The molecule has 0 radical (unpaired) electrons. The van der Waals surface area contributed by atoms with Crippen molar-refractivity contribution < 1.29 is 9.59 Å². The van der Waals surface area contributed by atoms with Crippen LogP contribution >= 0.6 is 15.9 Å². The van der Waals surface area contributed by atoms with Crippen LogP contribution in [0.3, 0.4) is 0 Å². The summed E-state index contributed by atoms with van der Waals surface area (Å²) in [5, 5.41) is 2.67. The highest BCUT2D eigenvalue weighted by molar-refractivity contribution is 9.10. The number of hydrogen-bond acceptors (Lipinski definition) is 2. The molecule has 116 valence electrons. The van der Waals surface area contributed by atoms with Crippen molar-refractivity contribution in [2.24, 2.45) is 5.92 Å². The first-order valence-corrected chi connectivity index (χ1v) is 7.90. The number of carbonyl (C=O) groups excluding carboxylic acids is 2. The minimum atomic E-state index is -0.249. The zero-order chi connectivity index (χ0) is 16.0. The number of amides is 2. The Kier molecular flexibility index (Phi) is 6.89. The number of benzene rings is 1. The Morgan fingerprint density at radius 1 is 1.24 bits per heavy atom. The van der Waals surface area contributed by atoms with E-state index in [2.05, 4.69) is 35.1 Å². The van der Waals surface area contributed by atoms with Gasteiger partial charge in [-0.3, -0.25) is 9.59 Å². The van der Waals surface area contributed by atoms with Crippen LogP contribution in [0, 0.1) is 5.92 Å². The molecule has 0 saturated carbocycles. The molecule has 0 aromatic heterocycles. The van der Waals surface area contributed by atoms with Crippen LogP contribution < -0.4 is 5.32 Å². The van der Waals surface area contributed by atoms with Crippen LogP contribution in [0.4, 0.5) is 0 Å². The fourth-order valence-electron chi connectivity index (χ4n) is 2.11. The maximum Gasteiger partial charge on any atom is 0.252 e. The van der Waals surface area contributed by atoms with Crippen LogP contribution in [0.25, 0.3) is 0 Å². The lowest BCUT2D eigenvalue weighted by Crippen LogP contribution is -2.42. The summed E-state index contributed by atoms with van der Waals surface area (Å²) in [6.45, 7) is 6.29. The van der Waals surface area contributed by atoms with Gasteiger partial charge in [-0.15, -0.1) is 0 Å². The first-order valence-electron chi connectivity index (χ1n) is 7.11. The second kappa shape index (κ2) is 8.17. The van der Waals surface area contributed by atoms with E-state index in [0.29, 0.717) is 11.5 Å². The molecule has 0 fully saturated rings. The Labute approximate surface area is 135 Å². The van der Waals surface area contributed by atoms with Gasteiger partial charge in [0.25, 0.3) is 5.91 Å². The zero-order valence-electron chi connectivity index (χ0n) is 13.0. The van der Waals surface area contributed by atoms with Gasteiger partial charge in [-0.05, 0) is 47.3 Å². The SMILES string of the molecule is CC(C)CC(C)N(C)C(=O)CNC(=O)c1ccccc1Br. The summed E-state index contributed by atoms with van der Waals surface area (Å²) in [7, 11) is 1.78. The van der Waals surface area contributed by atoms with Gasteiger partial charge in [-0.25, -0.2) is 0 Å². The predicted molar refractivity (Wildman–Crippen MR) is 88.2 cm³/mol. The van der Waals surface area contributed by atoms with Crippen molar-refractivity contribution in [2.45, 2.75) is 33.2 Å². The maximum absolute atomic E-state index is 12.1. The lowest BCUT2D eigenvalue weighted by Gasteiger charge is -2.26. The quantitative estimate of drug-likeness (QED) is 0.853. The van der Waals surface area contributed by atoms with E-state index < -0.39 is 0 Å². The molecule has 1 atom stereocenters. The molecule has 21 heavy (non-hydrogen) atoms. The van der Waals surface area contributed by atoms with E-state index >= 15 is 0 Å². The van der Waals surface area contributed by atoms with Crippen molar-refractivity contribution in [2.75, 3.05) is 13.6 Å². The fourth-order valence-corrected chi connectivity index (χ4v) is 2.57. The van der Waals surface area contributed by atoms with Gasteiger partial charge in [0.1, 0.15) is 0 Å². The Morgan fingerprint density at radius 2 is 1.86 bits per heavy atom. The van der Waals surface area contributed by atoms with Crippen molar-refractivity contribution in [1.29, 1.82) is 0 Å². The Balaban J connectivity index is 2.53. The number of likely N-dealkylation sites (N-methyl/N-ethyl adjacent to an activating group) is 1. The van der Waals surface area contributed by atoms with Gasteiger partial charge in [0.15, 0.2) is 0 Å². The first kappa shape index (κ1) is 17.7. The van der Waals surface area contributed by atoms with E-state index in [1.54, 1.807) is 30.1 Å². The topological polar surface area (TPSA) is 49.4 Å². The third-order valence-corrected chi connectivity index (χ3v) is 4.08. The van der Waals surface area contributed by atoms with E-state index in [4.69, 9.17) is 0 Å². The molecule has 1 rings (SSSR count). The molecule has 0 saturated heterocycles. The Morgan fingerprint density at radius 3 is 2.43 bits per heavy atom. The molecule has 0 aliphatic rings. The smallest absolute Gasteiger partial charge is 0.252 e. The average molecular weight is 355 g/mol. The second-order valence-electron chi connectivity index (χ2n) is 5.65. The third-order valence-electron chi connectivity index (χ3n) is 3.39. The molecule has 0 aliphatic heterocycles. The highest BCUT2D eigenvalue weighted by atomic mass is 79.9. The molecule has 0 bridgehead atoms. The molecular weight excluding hydrogens is 332 g/mol. The van der Waals surface area contributed by atoms with Crippen LogP contribution in [0.1, 0.15) is 37.6 Å². The van der Waals surface area contributed by atoms with Gasteiger partial charge in [0.2, 0.25) is 5.91 Å². The standard InChI is InChI=1S/C16H23BrN2O2/c1-11(2)9-12(3)19(4)15(20)10-18-16(21)13-7-5-6-8-14(13)17/h5-8,11-12H,9-10H2,1-4H3,(H,18,21). The van der Waals surface area contributed by atoms with E-state index in [1.807, 2.05) is 13.0 Å². The number of rotatable bonds is 6. The minimum absolute atomic E-state index is 0.0130. The van der Waals surface area contributed by atoms with Crippen LogP contribution in [-0.2, 0) is 4.79 Å². The summed E-state index contributed by atoms with van der Waals surface area (Å²) in [6, 6.07) is 7.31. The second-order valence-corrected chi connectivity index (χ2v) is 6.50. The number of halogens is 1. The maximum atomic E-state index is 12.1. The molecule has 4 nitrogen and oxygen atoms in total. The number of nitrogens with one attached hydrogen (secondary N) is 1. The molecule has 1 unspecified atom stereocenters. The summed E-state index contributed by atoms with van der Waals surface area (Å²) in [4.78, 5) is 25.8. The van der Waals surface area contributed by atoms with E-state index in [0.717, 1.165) is 10.9 Å². The Bertz CT molecular complexity index is 503. The molecule has 0 spiro atoms. The molecule has 1 aromatic rings. The number of carbonyl (C=O) groups is 2. The minimum Gasteiger partial charge on any atom is -0.343 e. The molecule has 5 heteroatoms. The first-order chi connectivity index (χ1) is 9.82. The predicted octanol–water partition coefficient (Wildman–Crippen LogP) is 3.07. The van der Waals surface area contributed by atoms with Crippen LogP contribution in [0.2, 0.25) is 0 Å². The highest BCUT2D eigenvalue weighted by Crippen LogP contribution is 2.15. The molecule has 2 amide bonds. The monoisotopic (exact) mass is 354 g/mol. The normalized spacial score (nSPS) is 12.1. The summed E-state index contributed by atoms with van der Waals surface area (Å²) >= 11 is 3.33. The van der Waals surface area contributed by atoms with Gasteiger partial charge >= 0.3 is 0 Å². The number of nitrogens with zero attached hydrogens (tertiary/aromatic N) is 1. The van der Waals surface area contributed by atoms with Crippen LogP contribution in [-0.4, -0.2) is 36.3 Å². The van der Waals surface area contributed by atoms with E-state index in [-0.39, 0.29) is 24.4 Å². The van der Waals surface area contributed by atoms with Gasteiger partial charge in [0, 0.05) is 17.6 Å². The largest absolute Gasteiger partial charge is 0.343 e. The molecular formula is C16H23BrN2O2. The summed E-state index contributed by atoms with van der Waals surface area (Å²) in [5.41, 5.74) is 0.531. The summed E-state index contributed by atoms with van der Waals surface area (Å²) in [6.07, 6.45) is 0.945. The van der Waals surface area contributed by atoms with Crippen molar-refractivity contribution >= 4 is 27.7 Å². The van der Waals surface area contributed by atoms with Crippen molar-refractivity contribution in [3.05, 3.63) is 34.3 Å². The van der Waals surface area contributed by atoms with E-state index in [1.165, 1.54) is 0 Å². The van der Waals surface area contributed by atoms with E-state index in [9.17, 15) is 9.59 Å². The summed E-state index contributed by atoms with van der Waals surface area (Å²) < 4.78 is 0.719. The third kappa shape index (κ3) is 5.50. The fraction of sp³-hybridized carbons (Fsp3) is 0.500. The zero-order valence-corrected chi connectivity index (χ0v) is 14.6. The van der Waals surface area contributed by atoms with Crippen molar-refractivity contribution in [3.63, 3.8) is 0 Å². The molecule has 0 heterocycles.